The number of hydrogen-bond donors (Lipinski definition) is 1. The van der Waals surface area contributed by atoms with E-state index in [1.54, 1.807) is 0 Å². The summed E-state index contributed by atoms with van der Waals surface area (Å²) in [6.45, 7) is 10.2. The molecule has 0 bridgehead atoms. The standard InChI is InChI=1S/C9H20O/c1-6-8(7(2)3)9(4,5)10/h7-8,10H,6H2,1-5H3. The lowest BCUT2D eigenvalue weighted by Gasteiger charge is -2.31. The zero-order valence-corrected chi connectivity index (χ0v) is 7.81. The van der Waals surface area contributed by atoms with Gasteiger partial charge >= 0.3 is 0 Å². The summed E-state index contributed by atoms with van der Waals surface area (Å²) in [5.74, 6) is 0.998. The molecule has 0 aromatic heterocycles. The maximum atomic E-state index is 9.65. The highest BCUT2D eigenvalue weighted by molar-refractivity contribution is 4.78. The molecule has 0 saturated carbocycles. The van der Waals surface area contributed by atoms with Crippen LogP contribution in [0.4, 0.5) is 0 Å². The van der Waals surface area contributed by atoms with Crippen molar-refractivity contribution in [1.82, 2.24) is 0 Å². The molecule has 0 rings (SSSR count). The molecular weight excluding hydrogens is 124 g/mol. The number of rotatable bonds is 3. The summed E-state index contributed by atoms with van der Waals surface area (Å²) in [7, 11) is 0. The van der Waals surface area contributed by atoms with Gasteiger partial charge in [0.2, 0.25) is 0 Å². The molecule has 0 heterocycles. The van der Waals surface area contributed by atoms with E-state index in [4.69, 9.17) is 0 Å². The first-order valence-corrected chi connectivity index (χ1v) is 4.12. The largest absolute Gasteiger partial charge is 0.390 e. The second kappa shape index (κ2) is 3.38. The molecule has 0 amide bonds. The Balaban J connectivity index is 4.07. The van der Waals surface area contributed by atoms with Crippen LogP contribution in [-0.4, -0.2) is 10.7 Å². The van der Waals surface area contributed by atoms with Gasteiger partial charge in [0.05, 0.1) is 5.60 Å². The van der Waals surface area contributed by atoms with Gasteiger partial charge in [-0.05, 0) is 25.7 Å². The molecule has 1 atom stereocenters. The SMILES string of the molecule is CCC(C(C)C)C(C)(C)O. The summed E-state index contributed by atoms with van der Waals surface area (Å²) in [5.41, 5.74) is -0.511. The van der Waals surface area contributed by atoms with Crippen LogP contribution in [0.15, 0.2) is 0 Å². The topological polar surface area (TPSA) is 20.2 Å². The molecule has 0 aromatic rings. The van der Waals surface area contributed by atoms with Crippen molar-refractivity contribution in [3.8, 4) is 0 Å². The van der Waals surface area contributed by atoms with E-state index in [-0.39, 0.29) is 0 Å². The molecule has 0 spiro atoms. The Hall–Kier alpha value is -0.0400. The van der Waals surface area contributed by atoms with Crippen LogP contribution in [0.2, 0.25) is 0 Å². The van der Waals surface area contributed by atoms with E-state index in [1.165, 1.54) is 0 Å². The summed E-state index contributed by atoms with van der Waals surface area (Å²) in [5, 5.41) is 9.65. The summed E-state index contributed by atoms with van der Waals surface area (Å²) in [6, 6.07) is 0. The fourth-order valence-corrected chi connectivity index (χ4v) is 1.79. The number of aliphatic hydroxyl groups is 1. The molecule has 0 aliphatic heterocycles. The maximum absolute atomic E-state index is 9.65. The van der Waals surface area contributed by atoms with E-state index >= 15 is 0 Å². The first kappa shape index (κ1) is 9.96. The predicted molar refractivity (Wildman–Crippen MR) is 44.9 cm³/mol. The van der Waals surface area contributed by atoms with E-state index in [0.29, 0.717) is 11.8 Å². The Morgan fingerprint density at radius 1 is 1.30 bits per heavy atom. The molecule has 1 unspecified atom stereocenters. The first-order chi connectivity index (χ1) is 4.39. The normalized spacial score (nSPS) is 15.9. The van der Waals surface area contributed by atoms with E-state index in [1.807, 2.05) is 13.8 Å². The molecule has 0 aromatic carbocycles. The molecule has 0 aliphatic carbocycles. The molecule has 0 radical (unpaired) electrons. The Morgan fingerprint density at radius 3 is 1.70 bits per heavy atom. The van der Waals surface area contributed by atoms with E-state index in [2.05, 4.69) is 20.8 Å². The molecule has 10 heavy (non-hydrogen) atoms. The van der Waals surface area contributed by atoms with Gasteiger partial charge in [0, 0.05) is 0 Å². The van der Waals surface area contributed by atoms with Gasteiger partial charge < -0.3 is 5.11 Å². The van der Waals surface area contributed by atoms with Crippen molar-refractivity contribution < 1.29 is 5.11 Å². The highest BCUT2D eigenvalue weighted by Gasteiger charge is 2.27. The molecule has 0 saturated heterocycles. The summed E-state index contributed by atoms with van der Waals surface area (Å²) in [4.78, 5) is 0. The van der Waals surface area contributed by atoms with Gasteiger partial charge in [-0.25, -0.2) is 0 Å². The summed E-state index contributed by atoms with van der Waals surface area (Å²) in [6.07, 6.45) is 1.06. The monoisotopic (exact) mass is 144 g/mol. The Morgan fingerprint density at radius 2 is 1.70 bits per heavy atom. The summed E-state index contributed by atoms with van der Waals surface area (Å²) >= 11 is 0. The lowest BCUT2D eigenvalue weighted by atomic mass is 9.80. The van der Waals surface area contributed by atoms with Gasteiger partial charge in [-0.3, -0.25) is 0 Å². The van der Waals surface area contributed by atoms with Gasteiger partial charge in [0.1, 0.15) is 0 Å². The molecule has 1 heteroatoms. The molecule has 0 aliphatic rings. The fourth-order valence-electron chi connectivity index (χ4n) is 1.79. The highest BCUT2D eigenvalue weighted by Crippen LogP contribution is 2.26. The minimum Gasteiger partial charge on any atom is -0.390 e. The van der Waals surface area contributed by atoms with Crippen molar-refractivity contribution >= 4 is 0 Å². The van der Waals surface area contributed by atoms with Crippen molar-refractivity contribution in [2.45, 2.75) is 46.6 Å². The fraction of sp³-hybridized carbons (Fsp3) is 1.00. The number of hydrogen-bond acceptors (Lipinski definition) is 1. The Bertz CT molecular complexity index is 89.4. The lowest BCUT2D eigenvalue weighted by molar-refractivity contribution is -0.00526. The lowest BCUT2D eigenvalue weighted by Crippen LogP contribution is -2.33. The quantitative estimate of drug-likeness (QED) is 0.645. The predicted octanol–water partition coefficient (Wildman–Crippen LogP) is 2.44. The van der Waals surface area contributed by atoms with Gasteiger partial charge in [0.25, 0.3) is 0 Å². The van der Waals surface area contributed by atoms with Crippen molar-refractivity contribution in [3.63, 3.8) is 0 Å². The first-order valence-electron chi connectivity index (χ1n) is 4.12. The van der Waals surface area contributed by atoms with Gasteiger partial charge in [-0.1, -0.05) is 27.2 Å². The zero-order valence-electron chi connectivity index (χ0n) is 7.81. The van der Waals surface area contributed by atoms with Crippen LogP contribution < -0.4 is 0 Å². The summed E-state index contributed by atoms with van der Waals surface area (Å²) < 4.78 is 0. The molecule has 1 nitrogen and oxygen atoms in total. The van der Waals surface area contributed by atoms with Crippen LogP contribution in [0, 0.1) is 11.8 Å². The van der Waals surface area contributed by atoms with Gasteiger partial charge in [-0.15, -0.1) is 0 Å². The second-order valence-electron chi connectivity index (χ2n) is 3.91. The molecule has 0 fully saturated rings. The van der Waals surface area contributed by atoms with Crippen LogP contribution in [0.5, 0.6) is 0 Å². The van der Waals surface area contributed by atoms with E-state index < -0.39 is 5.60 Å². The van der Waals surface area contributed by atoms with Crippen LogP contribution in [0.3, 0.4) is 0 Å². The third kappa shape index (κ3) is 2.70. The van der Waals surface area contributed by atoms with E-state index in [9.17, 15) is 5.11 Å². The smallest absolute Gasteiger partial charge is 0.0622 e. The van der Waals surface area contributed by atoms with E-state index in [0.717, 1.165) is 6.42 Å². The third-order valence-electron chi connectivity index (χ3n) is 2.15. The Labute approximate surface area is 64.5 Å². The Kier molecular flexibility index (Phi) is 3.37. The van der Waals surface area contributed by atoms with Crippen LogP contribution >= 0.6 is 0 Å². The van der Waals surface area contributed by atoms with Crippen LogP contribution in [0.25, 0.3) is 0 Å². The molecular formula is C9H20O. The van der Waals surface area contributed by atoms with Crippen molar-refractivity contribution in [1.29, 1.82) is 0 Å². The van der Waals surface area contributed by atoms with Crippen molar-refractivity contribution in [2.75, 3.05) is 0 Å². The van der Waals surface area contributed by atoms with Crippen LogP contribution in [0.1, 0.15) is 41.0 Å². The second-order valence-corrected chi connectivity index (χ2v) is 3.91. The average Bonchev–Trinajstić information content (AvgIpc) is 1.60. The highest BCUT2D eigenvalue weighted by atomic mass is 16.3. The van der Waals surface area contributed by atoms with Crippen molar-refractivity contribution in [3.05, 3.63) is 0 Å². The average molecular weight is 144 g/mol. The third-order valence-corrected chi connectivity index (χ3v) is 2.15. The van der Waals surface area contributed by atoms with Crippen LogP contribution in [-0.2, 0) is 0 Å². The minimum absolute atomic E-state index is 0.424. The van der Waals surface area contributed by atoms with Crippen molar-refractivity contribution in [2.24, 2.45) is 11.8 Å². The van der Waals surface area contributed by atoms with Gasteiger partial charge in [0.15, 0.2) is 0 Å². The zero-order chi connectivity index (χ0) is 8.36. The minimum atomic E-state index is -0.511. The maximum Gasteiger partial charge on any atom is 0.0622 e. The van der Waals surface area contributed by atoms with Gasteiger partial charge in [-0.2, -0.15) is 0 Å². The molecule has 1 N–H and O–H groups in total. The molecule has 62 valence electrons.